The highest BCUT2D eigenvalue weighted by Crippen LogP contribution is 2.47. The Hall–Kier alpha value is -7.66. The first kappa shape index (κ1) is 31.1. The van der Waals surface area contributed by atoms with E-state index in [0.717, 1.165) is 93.9 Å². The van der Waals surface area contributed by atoms with E-state index in [4.69, 9.17) is 8.83 Å². The maximum absolute atomic E-state index is 10.7. The third-order valence-electron chi connectivity index (χ3n) is 10.4. The molecule has 0 bridgehead atoms. The molecule has 0 aliphatic heterocycles. The summed E-state index contributed by atoms with van der Waals surface area (Å²) in [5, 5.41) is 25.5. The van der Waals surface area contributed by atoms with Crippen LogP contribution in [0.15, 0.2) is 179 Å². The number of nitriles is 2. The maximum atomic E-state index is 10.7. The van der Waals surface area contributed by atoms with Gasteiger partial charge in [-0.15, -0.1) is 0 Å². The van der Waals surface area contributed by atoms with E-state index in [1.807, 2.05) is 97.1 Å². The summed E-state index contributed by atoms with van der Waals surface area (Å²) in [5.41, 5.74) is 13.3. The molecule has 8 aromatic carbocycles. The van der Waals surface area contributed by atoms with Crippen molar-refractivity contribution in [3.8, 4) is 67.8 Å². The molecule has 2 aromatic heterocycles. The number of furan rings is 2. The number of nitrogens with zero attached hydrogens (tertiary/aromatic N) is 2. The van der Waals surface area contributed by atoms with Gasteiger partial charge in [0.05, 0.1) is 23.3 Å². The average Bonchev–Trinajstić information content (AvgIpc) is 3.81. The van der Waals surface area contributed by atoms with E-state index >= 15 is 0 Å². The molecule has 0 aliphatic rings. The molecule has 10 aromatic rings. The van der Waals surface area contributed by atoms with Crippen molar-refractivity contribution in [1.82, 2.24) is 0 Å². The Labute approximate surface area is 311 Å². The van der Waals surface area contributed by atoms with Crippen LogP contribution in [-0.2, 0) is 0 Å². The summed E-state index contributed by atoms with van der Waals surface area (Å²) in [6.07, 6.45) is 0. The lowest BCUT2D eigenvalue weighted by Gasteiger charge is -2.20. The van der Waals surface area contributed by atoms with Crippen molar-refractivity contribution in [2.45, 2.75) is 0 Å². The van der Waals surface area contributed by atoms with Crippen molar-refractivity contribution in [2.75, 3.05) is 0 Å². The van der Waals surface area contributed by atoms with E-state index in [0.29, 0.717) is 16.7 Å². The Kier molecular flexibility index (Phi) is 7.22. The first-order valence-corrected chi connectivity index (χ1v) is 17.8. The van der Waals surface area contributed by atoms with Crippen molar-refractivity contribution in [1.29, 1.82) is 10.5 Å². The summed E-state index contributed by atoms with van der Waals surface area (Å²) < 4.78 is 12.5. The van der Waals surface area contributed by atoms with Crippen molar-refractivity contribution in [2.24, 2.45) is 0 Å². The highest BCUT2D eigenvalue weighted by Gasteiger charge is 2.22. The third-order valence-corrected chi connectivity index (χ3v) is 10.4. The van der Waals surface area contributed by atoms with E-state index < -0.39 is 0 Å². The summed E-state index contributed by atoms with van der Waals surface area (Å²) in [6, 6.07) is 62.1. The molecule has 0 N–H and O–H groups in total. The summed E-state index contributed by atoms with van der Waals surface area (Å²) in [6.45, 7) is 0. The van der Waals surface area contributed by atoms with Gasteiger partial charge in [-0.2, -0.15) is 10.5 Å². The van der Waals surface area contributed by atoms with Crippen LogP contribution in [0.4, 0.5) is 0 Å². The fourth-order valence-electron chi connectivity index (χ4n) is 7.87. The lowest BCUT2D eigenvalue weighted by molar-refractivity contribution is 0.668. The van der Waals surface area contributed by atoms with E-state index in [-0.39, 0.29) is 0 Å². The van der Waals surface area contributed by atoms with Gasteiger partial charge in [0.15, 0.2) is 0 Å². The van der Waals surface area contributed by atoms with Crippen LogP contribution in [0.1, 0.15) is 11.1 Å². The normalized spacial score (nSPS) is 11.3. The van der Waals surface area contributed by atoms with E-state index in [1.54, 1.807) is 0 Å². The van der Waals surface area contributed by atoms with E-state index in [2.05, 4.69) is 84.9 Å². The van der Waals surface area contributed by atoms with Gasteiger partial charge in [-0.3, -0.25) is 0 Å². The minimum absolute atomic E-state index is 0.435. The second-order valence-corrected chi connectivity index (χ2v) is 13.5. The molecule has 250 valence electrons. The zero-order chi connectivity index (χ0) is 36.2. The molecule has 0 amide bonds. The molecule has 0 aliphatic carbocycles. The van der Waals surface area contributed by atoms with Crippen LogP contribution >= 0.6 is 0 Å². The first-order valence-electron chi connectivity index (χ1n) is 17.8. The fourth-order valence-corrected chi connectivity index (χ4v) is 7.87. The molecule has 54 heavy (non-hydrogen) atoms. The topological polar surface area (TPSA) is 73.9 Å². The van der Waals surface area contributed by atoms with Crippen LogP contribution in [0.25, 0.3) is 99.5 Å². The third kappa shape index (κ3) is 5.06. The SMILES string of the molecule is N#Cc1cc(-c2ccccc2)cc(C#N)c1-c1cc(-c2ccc3oc4ccccc4c3c2)c(-c2ccccc2)c(-c2ccc3oc4ccccc4c3c2)c1. The highest BCUT2D eigenvalue weighted by atomic mass is 16.3. The van der Waals surface area contributed by atoms with Crippen LogP contribution in [0, 0.1) is 22.7 Å². The lowest BCUT2D eigenvalue weighted by Crippen LogP contribution is -1.97. The Balaban J connectivity index is 1.32. The van der Waals surface area contributed by atoms with Gasteiger partial charge in [0.1, 0.15) is 22.3 Å². The predicted molar refractivity (Wildman–Crippen MR) is 218 cm³/mol. The molecule has 4 nitrogen and oxygen atoms in total. The number of benzene rings is 8. The van der Waals surface area contributed by atoms with Crippen LogP contribution in [0.3, 0.4) is 0 Å². The summed E-state index contributed by atoms with van der Waals surface area (Å²) in [7, 11) is 0. The number of para-hydroxylation sites is 2. The average molecular weight is 689 g/mol. The zero-order valence-corrected chi connectivity index (χ0v) is 28.9. The number of hydrogen-bond acceptors (Lipinski definition) is 4. The second-order valence-electron chi connectivity index (χ2n) is 13.5. The molecule has 0 saturated heterocycles. The molecule has 0 radical (unpaired) electrons. The van der Waals surface area contributed by atoms with Gasteiger partial charge in [-0.05, 0) is 111 Å². The van der Waals surface area contributed by atoms with Gasteiger partial charge in [0.2, 0.25) is 0 Å². The van der Waals surface area contributed by atoms with Gasteiger partial charge < -0.3 is 8.83 Å². The predicted octanol–water partition coefficient (Wildman–Crippen LogP) is 13.6. The second kappa shape index (κ2) is 12.5. The lowest BCUT2D eigenvalue weighted by atomic mass is 9.82. The van der Waals surface area contributed by atoms with Crippen LogP contribution in [-0.4, -0.2) is 0 Å². The van der Waals surface area contributed by atoms with E-state index in [1.165, 1.54) is 0 Å². The van der Waals surface area contributed by atoms with E-state index in [9.17, 15) is 10.5 Å². The van der Waals surface area contributed by atoms with Crippen molar-refractivity contribution in [3.05, 3.63) is 181 Å². The first-order chi connectivity index (χ1) is 26.7. The van der Waals surface area contributed by atoms with Crippen LogP contribution in [0.2, 0.25) is 0 Å². The molecule has 10 rings (SSSR count). The van der Waals surface area contributed by atoms with Gasteiger partial charge in [0.25, 0.3) is 0 Å². The Bertz CT molecular complexity index is 3000. The standard InChI is InChI=1S/C50H28N2O2/c51-29-37-23-35(31-11-3-1-4-12-31)24-38(30-52)49(37)36-27-41(33-19-21-47-43(25-33)39-15-7-9-17-45(39)53-47)50(32-13-5-2-6-14-32)42(28-36)34-20-22-48-44(26-34)40-16-8-10-18-46(40)54-48/h1-28H. The molecule has 0 saturated carbocycles. The minimum Gasteiger partial charge on any atom is -0.456 e. The van der Waals surface area contributed by atoms with Crippen molar-refractivity contribution < 1.29 is 8.83 Å². The molecule has 0 spiro atoms. The van der Waals surface area contributed by atoms with Gasteiger partial charge in [0, 0.05) is 27.1 Å². The number of hydrogen-bond donors (Lipinski definition) is 0. The van der Waals surface area contributed by atoms with Crippen LogP contribution < -0.4 is 0 Å². The molecule has 0 unspecified atom stereocenters. The molecular weight excluding hydrogens is 661 g/mol. The van der Waals surface area contributed by atoms with Crippen molar-refractivity contribution in [3.63, 3.8) is 0 Å². The molecule has 0 fully saturated rings. The summed E-state index contributed by atoms with van der Waals surface area (Å²) in [5.74, 6) is 0. The Morgan fingerprint density at radius 3 is 1.26 bits per heavy atom. The van der Waals surface area contributed by atoms with Crippen LogP contribution in [0.5, 0.6) is 0 Å². The fraction of sp³-hybridized carbons (Fsp3) is 0. The Morgan fingerprint density at radius 2 is 0.759 bits per heavy atom. The summed E-state index contributed by atoms with van der Waals surface area (Å²) in [4.78, 5) is 0. The number of rotatable bonds is 5. The highest BCUT2D eigenvalue weighted by molar-refractivity contribution is 6.10. The molecule has 0 atom stereocenters. The molecule has 2 heterocycles. The Morgan fingerprint density at radius 1 is 0.315 bits per heavy atom. The minimum atomic E-state index is 0.435. The zero-order valence-electron chi connectivity index (χ0n) is 28.9. The van der Waals surface area contributed by atoms with Gasteiger partial charge in [-0.1, -0.05) is 109 Å². The smallest absolute Gasteiger partial charge is 0.135 e. The monoisotopic (exact) mass is 688 g/mol. The largest absolute Gasteiger partial charge is 0.456 e. The summed E-state index contributed by atoms with van der Waals surface area (Å²) >= 11 is 0. The van der Waals surface area contributed by atoms with Gasteiger partial charge in [-0.25, -0.2) is 0 Å². The van der Waals surface area contributed by atoms with Crippen molar-refractivity contribution >= 4 is 43.9 Å². The molecule has 4 heteroatoms. The quantitative estimate of drug-likeness (QED) is 0.180. The number of fused-ring (bicyclic) bond motifs is 6. The maximum Gasteiger partial charge on any atom is 0.135 e. The molecular formula is C50H28N2O2. The van der Waals surface area contributed by atoms with Gasteiger partial charge >= 0.3 is 0 Å².